The van der Waals surface area contributed by atoms with E-state index in [-0.39, 0.29) is 139 Å². The first-order chi connectivity index (χ1) is 50.7. The molecule has 3 fully saturated rings. The molecule has 25 nitrogen and oxygen atoms in total. The number of nitrogens with zero attached hydrogens (tertiary/aromatic N) is 4. The van der Waals surface area contributed by atoms with Crippen molar-refractivity contribution in [2.75, 3.05) is 85.6 Å². The maximum atomic E-state index is 13.6. The van der Waals surface area contributed by atoms with Crippen molar-refractivity contribution in [2.45, 2.75) is 323 Å². The fourth-order valence-electron chi connectivity index (χ4n) is 16.3. The number of hydrogen-bond donors (Lipinski definition) is 4. The van der Waals surface area contributed by atoms with Gasteiger partial charge in [-0.05, 0) is 240 Å². The second kappa shape index (κ2) is 43.3. The first kappa shape index (κ1) is 99.9. The van der Waals surface area contributed by atoms with E-state index in [1.165, 1.54) is 0 Å². The van der Waals surface area contributed by atoms with Crippen LogP contribution in [0.3, 0.4) is 0 Å². The van der Waals surface area contributed by atoms with Gasteiger partial charge in [-0.15, -0.1) is 0 Å². The monoisotopic (exact) mass is 1570 g/mol. The van der Waals surface area contributed by atoms with E-state index in [2.05, 4.69) is 110 Å². The van der Waals surface area contributed by atoms with Gasteiger partial charge in [-0.2, -0.15) is 0 Å². The maximum absolute atomic E-state index is 13.6. The number of hydrogen-bond acceptors (Lipinski definition) is 17. The summed E-state index contributed by atoms with van der Waals surface area (Å²) in [6.45, 7) is 67.4. The zero-order valence-corrected chi connectivity index (χ0v) is 73.5. The Kier molecular flexibility index (Phi) is 39.0. The Morgan fingerprint density at radius 1 is 0.342 bits per heavy atom. The van der Waals surface area contributed by atoms with Gasteiger partial charge in [0.1, 0.15) is 26.4 Å². The summed E-state index contributed by atoms with van der Waals surface area (Å²) in [6, 6.07) is -1.10. The summed E-state index contributed by atoms with van der Waals surface area (Å²) >= 11 is 0. The third-order valence-electron chi connectivity index (χ3n) is 20.5. The van der Waals surface area contributed by atoms with E-state index in [9.17, 15) is 47.9 Å². The number of urea groups is 4. The summed E-state index contributed by atoms with van der Waals surface area (Å²) in [5.74, 6) is -2.34. The van der Waals surface area contributed by atoms with Crippen molar-refractivity contribution < 1.29 is 81.1 Å². The third-order valence-corrected chi connectivity index (χ3v) is 20.5. The minimum atomic E-state index is -0.490. The molecule has 0 radical (unpaired) electrons. The van der Waals surface area contributed by atoms with Crippen molar-refractivity contribution in [3.05, 3.63) is 48.6 Å². The Hall–Kier alpha value is -7.18. The standard InChI is InChI=1S/C54H94N4O11.C32H56N4O6/c1-39(2)45(61)68-31-25-57(49(5,6)7)47(63)55-41-33-51(11,12)37-53(15,35-41)23-21-43(59)66-29-19-17-27-65-28-18-20-30-67-44(60)22-24-54(16)36-42(34-52(13,14)38-54)56-48(64)58(50(8,9)10)26-32-69-46(62)40(3)4;1-22(2)25(37)41-16-14-35(29(5,6)7)27(39)33-21-32(13)19-24(18-31(11,12)20-32)34-28(40)36(30(8,9)10)15-17-42-26(38)23(3)4/h41-42H,1,3,17-38H2,2,4-16H3,(H,55,63)(H,56,64);24H,1,3,14-21H2,2,4-13H3,(H,33,39)(H,34,40). The van der Waals surface area contributed by atoms with Gasteiger partial charge >= 0.3 is 59.9 Å². The number of carbonyl (C=O) groups excluding carboxylic acids is 10. The smallest absolute Gasteiger partial charge is 0.333 e. The van der Waals surface area contributed by atoms with E-state index in [1.54, 1.807) is 47.3 Å². The largest absolute Gasteiger partial charge is 0.466 e. The molecule has 25 heteroatoms. The lowest BCUT2D eigenvalue weighted by Crippen LogP contribution is -2.57. The number of nitrogens with one attached hydrogen (secondary N) is 4. The molecule has 3 rings (SSSR count). The summed E-state index contributed by atoms with van der Waals surface area (Å²) in [7, 11) is 0. The highest BCUT2D eigenvalue weighted by Crippen LogP contribution is 2.51. The summed E-state index contributed by atoms with van der Waals surface area (Å²) in [5.41, 5.74) is -1.42. The Bertz CT molecular complexity index is 3040. The first-order valence-electron chi connectivity index (χ1n) is 40.2. The lowest BCUT2D eigenvalue weighted by molar-refractivity contribution is -0.145. The Labute approximate surface area is 668 Å². The summed E-state index contributed by atoms with van der Waals surface area (Å²) in [6.07, 6.45) is 12.2. The molecular weight excluding hydrogens is 1420 g/mol. The molecule has 0 bridgehead atoms. The average molecular weight is 1570 g/mol. The van der Waals surface area contributed by atoms with Crippen molar-refractivity contribution in [3.63, 3.8) is 0 Å². The van der Waals surface area contributed by atoms with Crippen LogP contribution in [-0.4, -0.2) is 205 Å². The molecule has 0 aromatic rings. The van der Waals surface area contributed by atoms with Crippen LogP contribution in [0.15, 0.2) is 48.6 Å². The van der Waals surface area contributed by atoms with Gasteiger partial charge in [0, 0.05) is 95.2 Å². The van der Waals surface area contributed by atoms with E-state index < -0.39 is 46.0 Å². The fourth-order valence-corrected chi connectivity index (χ4v) is 16.3. The molecule has 0 saturated heterocycles. The van der Waals surface area contributed by atoms with Crippen LogP contribution in [0.1, 0.15) is 282 Å². The van der Waals surface area contributed by atoms with Crippen LogP contribution in [-0.2, 0) is 61.9 Å². The SMILES string of the molecule is C=C(C)C(=O)OCCN(C(=O)NC1CC(C)(C)CC(C)(CCC(=O)OCCCCOCCCCOC(=O)CCC2(C)CC(NC(=O)N(CCOC(=O)C(=C)C)C(C)(C)C)CC(C)(C)C2)C1)C(C)(C)C.C=C(C)C(=O)OCCN(C(=O)NCC1(C)CC(NC(=O)N(CCOC(=O)C(=C)C)C(C)(C)C)CC(C)(C)C1)C(C)(C)C. The topological polar surface area (TPSA) is 296 Å². The van der Waals surface area contributed by atoms with Crippen molar-refractivity contribution in [1.29, 1.82) is 0 Å². The second-order valence-electron chi connectivity index (χ2n) is 39.2. The van der Waals surface area contributed by atoms with Crippen molar-refractivity contribution in [3.8, 4) is 0 Å². The van der Waals surface area contributed by atoms with Crippen LogP contribution in [0, 0.1) is 32.5 Å². The van der Waals surface area contributed by atoms with Crippen molar-refractivity contribution in [2.24, 2.45) is 32.5 Å². The van der Waals surface area contributed by atoms with Gasteiger partial charge in [-0.25, -0.2) is 38.4 Å². The average Bonchev–Trinajstić information content (AvgIpc) is 0.800. The molecule has 0 aliphatic heterocycles. The molecular formula is C86H150N8O17. The van der Waals surface area contributed by atoms with E-state index in [0.717, 1.165) is 64.2 Å². The van der Waals surface area contributed by atoms with Gasteiger partial charge in [0.15, 0.2) is 0 Å². The van der Waals surface area contributed by atoms with Crippen LogP contribution in [0.5, 0.6) is 0 Å². The Morgan fingerprint density at radius 2 is 0.586 bits per heavy atom. The normalized spacial score (nSPS) is 21.3. The zero-order chi connectivity index (χ0) is 85.1. The molecule has 111 heavy (non-hydrogen) atoms. The molecule has 636 valence electrons. The van der Waals surface area contributed by atoms with Crippen LogP contribution >= 0.6 is 0 Å². The van der Waals surface area contributed by atoms with Gasteiger partial charge in [0.2, 0.25) is 0 Å². The molecule has 0 spiro atoms. The van der Waals surface area contributed by atoms with E-state index in [4.69, 9.17) is 33.2 Å². The molecule has 8 amide bonds. The predicted octanol–water partition coefficient (Wildman–Crippen LogP) is 15.7. The first-order valence-corrected chi connectivity index (χ1v) is 40.2. The number of rotatable bonds is 37. The number of amides is 8. The number of esters is 6. The van der Waals surface area contributed by atoms with Gasteiger partial charge in [-0.1, -0.05) is 88.6 Å². The molecule has 4 N–H and O–H groups in total. The summed E-state index contributed by atoms with van der Waals surface area (Å²) in [4.78, 5) is 134. The van der Waals surface area contributed by atoms with E-state index in [1.807, 2.05) is 83.1 Å². The molecule has 0 heterocycles. The molecule has 6 unspecified atom stereocenters. The Balaban J connectivity index is 0.000000849. The predicted molar refractivity (Wildman–Crippen MR) is 436 cm³/mol. The van der Waals surface area contributed by atoms with Crippen LogP contribution in [0.4, 0.5) is 19.2 Å². The number of ether oxygens (including phenoxy) is 7. The van der Waals surface area contributed by atoms with Crippen LogP contribution in [0.2, 0.25) is 0 Å². The fraction of sp³-hybridized carbons (Fsp3) is 0.791. The maximum Gasteiger partial charge on any atom is 0.333 e. The number of unbranched alkanes of at least 4 members (excludes halogenated alkanes) is 2. The van der Waals surface area contributed by atoms with Gasteiger partial charge in [0.05, 0.1) is 39.4 Å². The summed E-state index contributed by atoms with van der Waals surface area (Å²) < 4.78 is 38.0. The third kappa shape index (κ3) is 38.5. The lowest BCUT2D eigenvalue weighted by Gasteiger charge is -2.48. The highest BCUT2D eigenvalue weighted by atomic mass is 16.6. The van der Waals surface area contributed by atoms with Gasteiger partial charge in [0.25, 0.3) is 0 Å². The van der Waals surface area contributed by atoms with E-state index in [0.29, 0.717) is 100 Å². The second-order valence-corrected chi connectivity index (χ2v) is 39.2. The highest BCUT2D eigenvalue weighted by Gasteiger charge is 2.47. The zero-order valence-electron chi connectivity index (χ0n) is 73.5. The minimum absolute atomic E-state index is 0.0341. The van der Waals surface area contributed by atoms with Crippen LogP contribution in [0.25, 0.3) is 0 Å². The Morgan fingerprint density at radius 3 is 0.847 bits per heavy atom. The quantitative estimate of drug-likeness (QED) is 0.0194. The molecule has 0 aromatic carbocycles. The van der Waals surface area contributed by atoms with Gasteiger partial charge < -0.3 is 74.0 Å². The van der Waals surface area contributed by atoms with E-state index >= 15 is 0 Å². The minimum Gasteiger partial charge on any atom is -0.466 e. The summed E-state index contributed by atoms with van der Waals surface area (Å²) in [5, 5.41) is 12.9. The van der Waals surface area contributed by atoms with Crippen LogP contribution < -0.4 is 21.3 Å². The lowest BCUT2D eigenvalue weighted by atomic mass is 9.61. The van der Waals surface area contributed by atoms with Crippen molar-refractivity contribution >= 4 is 59.9 Å². The highest BCUT2D eigenvalue weighted by molar-refractivity contribution is 5.88. The molecule has 3 aliphatic carbocycles. The molecule has 6 atom stereocenters. The molecule has 3 aliphatic rings. The van der Waals surface area contributed by atoms with Gasteiger partial charge in [-0.3, -0.25) is 9.59 Å². The molecule has 0 aromatic heterocycles. The number of carbonyl (C=O) groups is 10. The molecule has 3 saturated carbocycles. The van der Waals surface area contributed by atoms with Crippen molar-refractivity contribution in [1.82, 2.24) is 40.9 Å².